The number of nitrogens with two attached hydrogens (primary N) is 1. The summed E-state index contributed by atoms with van der Waals surface area (Å²) < 4.78 is 0. The number of rotatable bonds is 1. The minimum atomic E-state index is 0.545. The summed E-state index contributed by atoms with van der Waals surface area (Å²) in [7, 11) is 0. The molecule has 1 aromatic heterocycles. The molecule has 1 aromatic rings. The van der Waals surface area contributed by atoms with E-state index in [0.29, 0.717) is 11.7 Å². The maximum Gasteiger partial charge on any atom is 0.142 e. The van der Waals surface area contributed by atoms with Crippen molar-refractivity contribution < 1.29 is 0 Å². The fourth-order valence-electron chi connectivity index (χ4n) is 1.99. The molecule has 0 amide bonds. The number of anilines is 1. The zero-order chi connectivity index (χ0) is 9.10. The van der Waals surface area contributed by atoms with E-state index in [9.17, 15) is 0 Å². The van der Waals surface area contributed by atoms with Gasteiger partial charge in [-0.2, -0.15) is 0 Å². The van der Waals surface area contributed by atoms with Crippen molar-refractivity contribution in [2.75, 3.05) is 5.73 Å². The van der Waals surface area contributed by atoms with Crippen LogP contribution in [0.25, 0.3) is 0 Å². The summed E-state index contributed by atoms with van der Waals surface area (Å²) in [6.07, 6.45) is 9.96. The van der Waals surface area contributed by atoms with Crippen LogP contribution < -0.4 is 5.73 Å². The Kier molecular flexibility index (Phi) is 2.43. The summed E-state index contributed by atoms with van der Waals surface area (Å²) >= 11 is 0. The average molecular weight is 177 g/mol. The summed E-state index contributed by atoms with van der Waals surface area (Å²) in [5, 5.41) is 0. The zero-order valence-electron chi connectivity index (χ0n) is 7.74. The van der Waals surface area contributed by atoms with Crippen LogP contribution in [0.2, 0.25) is 0 Å². The molecule has 1 aliphatic carbocycles. The number of aromatic nitrogens is 2. The lowest BCUT2D eigenvalue weighted by atomic mass is 9.87. The number of hydrogen-bond acceptors (Lipinski definition) is 3. The summed E-state index contributed by atoms with van der Waals surface area (Å²) in [6.45, 7) is 0. The van der Waals surface area contributed by atoms with E-state index in [1.54, 1.807) is 6.20 Å². The van der Waals surface area contributed by atoms with Crippen LogP contribution in [0.15, 0.2) is 12.4 Å². The first-order chi connectivity index (χ1) is 6.36. The maximum atomic E-state index is 5.59. The summed E-state index contributed by atoms with van der Waals surface area (Å²) in [4.78, 5) is 8.38. The van der Waals surface area contributed by atoms with Crippen molar-refractivity contribution in [3.8, 4) is 0 Å². The predicted molar refractivity (Wildman–Crippen MR) is 52.3 cm³/mol. The molecule has 13 heavy (non-hydrogen) atoms. The minimum absolute atomic E-state index is 0.545. The second-order valence-electron chi connectivity index (χ2n) is 3.70. The van der Waals surface area contributed by atoms with Gasteiger partial charge >= 0.3 is 0 Å². The molecule has 2 rings (SSSR count). The van der Waals surface area contributed by atoms with Crippen molar-refractivity contribution in [1.29, 1.82) is 0 Å². The third kappa shape index (κ3) is 1.97. The van der Waals surface area contributed by atoms with Crippen LogP contribution in [0.5, 0.6) is 0 Å². The molecule has 1 fully saturated rings. The van der Waals surface area contributed by atoms with Gasteiger partial charge in [0.05, 0.1) is 11.9 Å². The lowest BCUT2D eigenvalue weighted by Crippen LogP contribution is -2.08. The monoisotopic (exact) mass is 177 g/mol. The molecule has 1 heterocycles. The number of nitrogens with zero attached hydrogens (tertiary/aromatic N) is 2. The van der Waals surface area contributed by atoms with Crippen LogP contribution in [0.4, 0.5) is 5.82 Å². The van der Waals surface area contributed by atoms with Gasteiger partial charge in [0.15, 0.2) is 0 Å². The SMILES string of the molecule is Nc1cncc(C2CCCCC2)n1. The second-order valence-corrected chi connectivity index (χ2v) is 3.70. The van der Waals surface area contributed by atoms with E-state index < -0.39 is 0 Å². The molecule has 3 heteroatoms. The first-order valence-electron chi connectivity index (χ1n) is 4.93. The van der Waals surface area contributed by atoms with Crippen LogP contribution in [-0.2, 0) is 0 Å². The quantitative estimate of drug-likeness (QED) is 0.714. The van der Waals surface area contributed by atoms with E-state index in [-0.39, 0.29) is 0 Å². The van der Waals surface area contributed by atoms with Gasteiger partial charge in [-0.15, -0.1) is 0 Å². The number of hydrogen-bond donors (Lipinski definition) is 1. The molecule has 70 valence electrons. The van der Waals surface area contributed by atoms with Crippen LogP contribution >= 0.6 is 0 Å². The average Bonchev–Trinajstić information content (AvgIpc) is 2.19. The summed E-state index contributed by atoms with van der Waals surface area (Å²) in [5.74, 6) is 1.15. The van der Waals surface area contributed by atoms with Gasteiger partial charge < -0.3 is 5.73 Å². The van der Waals surface area contributed by atoms with Crippen LogP contribution in [0.1, 0.15) is 43.7 Å². The van der Waals surface area contributed by atoms with E-state index in [1.165, 1.54) is 32.1 Å². The maximum absolute atomic E-state index is 5.59. The highest BCUT2D eigenvalue weighted by molar-refractivity contribution is 5.25. The molecular weight excluding hydrogens is 162 g/mol. The molecule has 0 spiro atoms. The molecule has 0 bridgehead atoms. The third-order valence-corrected chi connectivity index (χ3v) is 2.70. The highest BCUT2D eigenvalue weighted by Gasteiger charge is 2.16. The molecule has 0 aliphatic heterocycles. The molecule has 2 N–H and O–H groups in total. The topological polar surface area (TPSA) is 51.8 Å². The Bertz CT molecular complexity index is 279. The van der Waals surface area contributed by atoms with Gasteiger partial charge in [-0.05, 0) is 12.8 Å². The molecular formula is C10H15N3. The van der Waals surface area contributed by atoms with Crippen molar-refractivity contribution in [3.63, 3.8) is 0 Å². The van der Waals surface area contributed by atoms with Gasteiger partial charge in [-0.25, -0.2) is 4.98 Å². The minimum Gasteiger partial charge on any atom is -0.382 e. The molecule has 0 radical (unpaired) electrons. The number of nitrogen functional groups attached to an aromatic ring is 1. The first-order valence-corrected chi connectivity index (χ1v) is 4.93. The van der Waals surface area contributed by atoms with Gasteiger partial charge in [0.1, 0.15) is 5.82 Å². The van der Waals surface area contributed by atoms with E-state index in [4.69, 9.17) is 5.73 Å². The smallest absolute Gasteiger partial charge is 0.142 e. The van der Waals surface area contributed by atoms with Crippen molar-refractivity contribution in [2.24, 2.45) is 0 Å². The van der Waals surface area contributed by atoms with Gasteiger partial charge in [0.2, 0.25) is 0 Å². The fraction of sp³-hybridized carbons (Fsp3) is 0.600. The van der Waals surface area contributed by atoms with Gasteiger partial charge in [-0.3, -0.25) is 4.98 Å². The highest BCUT2D eigenvalue weighted by atomic mass is 14.9. The van der Waals surface area contributed by atoms with E-state index in [2.05, 4.69) is 9.97 Å². The van der Waals surface area contributed by atoms with Crippen LogP contribution in [-0.4, -0.2) is 9.97 Å². The molecule has 1 aliphatic rings. The Morgan fingerprint density at radius 2 is 1.92 bits per heavy atom. The first kappa shape index (κ1) is 8.48. The van der Waals surface area contributed by atoms with Crippen molar-refractivity contribution >= 4 is 5.82 Å². The van der Waals surface area contributed by atoms with Crippen molar-refractivity contribution in [1.82, 2.24) is 9.97 Å². The third-order valence-electron chi connectivity index (χ3n) is 2.70. The van der Waals surface area contributed by atoms with Crippen molar-refractivity contribution in [2.45, 2.75) is 38.0 Å². The molecule has 0 unspecified atom stereocenters. The van der Waals surface area contributed by atoms with Gasteiger partial charge in [-0.1, -0.05) is 19.3 Å². The molecule has 1 saturated carbocycles. The fourth-order valence-corrected chi connectivity index (χ4v) is 1.99. The molecule has 3 nitrogen and oxygen atoms in total. The Morgan fingerprint density at radius 1 is 1.15 bits per heavy atom. The van der Waals surface area contributed by atoms with Gasteiger partial charge in [0.25, 0.3) is 0 Å². The zero-order valence-corrected chi connectivity index (χ0v) is 7.74. The lowest BCUT2D eigenvalue weighted by Gasteiger charge is -2.20. The lowest BCUT2D eigenvalue weighted by molar-refractivity contribution is 0.436. The van der Waals surface area contributed by atoms with Crippen LogP contribution in [0, 0.1) is 0 Å². The van der Waals surface area contributed by atoms with E-state index >= 15 is 0 Å². The van der Waals surface area contributed by atoms with Gasteiger partial charge in [0, 0.05) is 12.1 Å². The Balaban J connectivity index is 2.14. The second kappa shape index (κ2) is 3.73. The highest BCUT2D eigenvalue weighted by Crippen LogP contribution is 2.31. The largest absolute Gasteiger partial charge is 0.382 e. The molecule has 0 aromatic carbocycles. The summed E-state index contributed by atoms with van der Waals surface area (Å²) in [5.41, 5.74) is 6.67. The predicted octanol–water partition coefficient (Wildman–Crippen LogP) is 2.11. The summed E-state index contributed by atoms with van der Waals surface area (Å²) in [6, 6.07) is 0. The Labute approximate surface area is 78.4 Å². The van der Waals surface area contributed by atoms with E-state index in [1.807, 2.05) is 6.20 Å². The van der Waals surface area contributed by atoms with Crippen LogP contribution in [0.3, 0.4) is 0 Å². The normalized spacial score (nSPS) is 18.8. The molecule has 0 saturated heterocycles. The Morgan fingerprint density at radius 3 is 2.62 bits per heavy atom. The molecule has 0 atom stereocenters. The Hall–Kier alpha value is -1.12. The van der Waals surface area contributed by atoms with E-state index in [0.717, 1.165) is 5.69 Å². The standard InChI is InChI=1S/C10H15N3/c11-10-7-12-6-9(13-10)8-4-2-1-3-5-8/h6-8H,1-5H2,(H2,11,13). The van der Waals surface area contributed by atoms with Crippen molar-refractivity contribution in [3.05, 3.63) is 18.1 Å².